The molecule has 1 fully saturated rings. The molecule has 0 aliphatic carbocycles. The van der Waals surface area contributed by atoms with Crippen LogP contribution in [0.15, 0.2) is 0 Å². The molecule has 1 aliphatic heterocycles. The van der Waals surface area contributed by atoms with Gasteiger partial charge in [-0.2, -0.15) is 0 Å². The second kappa shape index (κ2) is 6.35. The van der Waals surface area contributed by atoms with Crippen molar-refractivity contribution in [3.8, 4) is 0 Å². The van der Waals surface area contributed by atoms with Crippen LogP contribution in [0.25, 0.3) is 0 Å². The fourth-order valence-electron chi connectivity index (χ4n) is 1.69. The third kappa shape index (κ3) is 4.07. The van der Waals surface area contributed by atoms with E-state index in [9.17, 15) is 5.11 Å². The number of ether oxygens (including phenoxy) is 2. The normalized spacial score (nSPS) is 25.8. The maximum atomic E-state index is 9.72. The van der Waals surface area contributed by atoms with E-state index in [0.717, 1.165) is 38.9 Å². The lowest BCUT2D eigenvalue weighted by atomic mass is 10.0. The third-order valence-corrected chi connectivity index (χ3v) is 2.49. The van der Waals surface area contributed by atoms with Gasteiger partial charge in [0.05, 0.1) is 12.2 Å². The summed E-state index contributed by atoms with van der Waals surface area (Å²) in [5.74, 6) is 0. The van der Waals surface area contributed by atoms with Crippen molar-refractivity contribution in [1.82, 2.24) is 0 Å². The molecule has 1 aliphatic rings. The van der Waals surface area contributed by atoms with Gasteiger partial charge in [0, 0.05) is 20.3 Å². The van der Waals surface area contributed by atoms with Crippen molar-refractivity contribution in [2.24, 2.45) is 0 Å². The SMILES string of the molecule is COCCCC(O)C1CCCCO1. The fraction of sp³-hybridized carbons (Fsp3) is 1.00. The zero-order valence-corrected chi connectivity index (χ0v) is 8.37. The maximum absolute atomic E-state index is 9.72. The summed E-state index contributed by atoms with van der Waals surface area (Å²) in [5.41, 5.74) is 0. The van der Waals surface area contributed by atoms with E-state index in [4.69, 9.17) is 9.47 Å². The van der Waals surface area contributed by atoms with Crippen LogP contribution in [0, 0.1) is 0 Å². The van der Waals surface area contributed by atoms with Crippen LogP contribution in [-0.4, -0.2) is 37.6 Å². The standard InChI is InChI=1S/C10H20O3/c1-12-7-4-5-9(11)10-6-2-3-8-13-10/h9-11H,2-8H2,1H3. The van der Waals surface area contributed by atoms with Crippen LogP contribution in [-0.2, 0) is 9.47 Å². The molecule has 0 aromatic heterocycles. The van der Waals surface area contributed by atoms with E-state index < -0.39 is 0 Å². The molecule has 78 valence electrons. The smallest absolute Gasteiger partial charge is 0.0833 e. The number of hydrogen-bond acceptors (Lipinski definition) is 3. The summed E-state index contributed by atoms with van der Waals surface area (Å²) in [5, 5.41) is 9.72. The Morgan fingerprint density at radius 3 is 3.00 bits per heavy atom. The molecule has 0 amide bonds. The Labute approximate surface area is 80.0 Å². The first-order valence-corrected chi connectivity index (χ1v) is 5.13. The Morgan fingerprint density at radius 1 is 1.54 bits per heavy atom. The Kier molecular flexibility index (Phi) is 5.35. The van der Waals surface area contributed by atoms with Crippen molar-refractivity contribution >= 4 is 0 Å². The van der Waals surface area contributed by atoms with Gasteiger partial charge in [-0.3, -0.25) is 0 Å². The lowest BCUT2D eigenvalue weighted by molar-refractivity contribution is -0.0659. The highest BCUT2D eigenvalue weighted by molar-refractivity contribution is 4.72. The highest BCUT2D eigenvalue weighted by Gasteiger charge is 2.21. The molecule has 0 aromatic rings. The largest absolute Gasteiger partial charge is 0.390 e. The van der Waals surface area contributed by atoms with Crippen molar-refractivity contribution in [3.05, 3.63) is 0 Å². The van der Waals surface area contributed by atoms with E-state index in [2.05, 4.69) is 0 Å². The van der Waals surface area contributed by atoms with Gasteiger partial charge in [-0.05, 0) is 32.1 Å². The molecule has 1 N–H and O–H groups in total. The number of aliphatic hydroxyl groups excluding tert-OH is 1. The van der Waals surface area contributed by atoms with Crippen LogP contribution in [0.3, 0.4) is 0 Å². The summed E-state index contributed by atoms with van der Waals surface area (Å²) >= 11 is 0. The van der Waals surface area contributed by atoms with Gasteiger partial charge in [0.15, 0.2) is 0 Å². The topological polar surface area (TPSA) is 38.7 Å². The monoisotopic (exact) mass is 188 g/mol. The minimum Gasteiger partial charge on any atom is -0.390 e. The number of methoxy groups -OCH3 is 1. The minimum absolute atomic E-state index is 0.0746. The van der Waals surface area contributed by atoms with Gasteiger partial charge in [0.2, 0.25) is 0 Å². The predicted octanol–water partition coefficient (Wildman–Crippen LogP) is 1.34. The van der Waals surface area contributed by atoms with E-state index in [-0.39, 0.29) is 12.2 Å². The van der Waals surface area contributed by atoms with Crippen LogP contribution >= 0.6 is 0 Å². The average molecular weight is 188 g/mol. The molecule has 0 bridgehead atoms. The van der Waals surface area contributed by atoms with E-state index in [1.165, 1.54) is 6.42 Å². The van der Waals surface area contributed by atoms with Crippen LogP contribution in [0.5, 0.6) is 0 Å². The van der Waals surface area contributed by atoms with Crippen LogP contribution in [0.2, 0.25) is 0 Å². The number of rotatable bonds is 5. The van der Waals surface area contributed by atoms with Crippen molar-refractivity contribution in [3.63, 3.8) is 0 Å². The Morgan fingerprint density at radius 2 is 2.38 bits per heavy atom. The summed E-state index contributed by atoms with van der Waals surface area (Å²) in [4.78, 5) is 0. The van der Waals surface area contributed by atoms with Gasteiger partial charge in [0.25, 0.3) is 0 Å². The van der Waals surface area contributed by atoms with Gasteiger partial charge in [-0.25, -0.2) is 0 Å². The average Bonchev–Trinajstić information content (AvgIpc) is 2.19. The van der Waals surface area contributed by atoms with E-state index in [0.29, 0.717) is 0 Å². The molecule has 0 aromatic carbocycles. The summed E-state index contributed by atoms with van der Waals surface area (Å²) < 4.78 is 10.4. The lowest BCUT2D eigenvalue weighted by Crippen LogP contribution is -2.32. The van der Waals surface area contributed by atoms with Crippen LogP contribution < -0.4 is 0 Å². The van der Waals surface area contributed by atoms with E-state index >= 15 is 0 Å². The molecule has 3 heteroatoms. The molecule has 2 unspecified atom stereocenters. The van der Waals surface area contributed by atoms with Gasteiger partial charge in [-0.1, -0.05) is 0 Å². The van der Waals surface area contributed by atoms with Gasteiger partial charge < -0.3 is 14.6 Å². The second-order valence-corrected chi connectivity index (χ2v) is 3.61. The fourth-order valence-corrected chi connectivity index (χ4v) is 1.69. The first-order valence-electron chi connectivity index (χ1n) is 5.13. The molecule has 0 saturated carbocycles. The Hall–Kier alpha value is -0.120. The zero-order chi connectivity index (χ0) is 9.52. The second-order valence-electron chi connectivity index (χ2n) is 3.61. The molecule has 13 heavy (non-hydrogen) atoms. The van der Waals surface area contributed by atoms with Crippen molar-refractivity contribution < 1.29 is 14.6 Å². The number of hydrogen-bond donors (Lipinski definition) is 1. The van der Waals surface area contributed by atoms with Crippen LogP contribution in [0.1, 0.15) is 32.1 Å². The van der Waals surface area contributed by atoms with Gasteiger partial charge in [-0.15, -0.1) is 0 Å². The molecule has 1 saturated heterocycles. The maximum Gasteiger partial charge on any atom is 0.0833 e. The summed E-state index contributed by atoms with van der Waals surface area (Å²) in [6, 6.07) is 0. The molecule has 1 heterocycles. The van der Waals surface area contributed by atoms with Gasteiger partial charge in [0.1, 0.15) is 0 Å². The lowest BCUT2D eigenvalue weighted by Gasteiger charge is -2.26. The minimum atomic E-state index is -0.296. The molecular formula is C10H20O3. The van der Waals surface area contributed by atoms with Crippen molar-refractivity contribution in [1.29, 1.82) is 0 Å². The van der Waals surface area contributed by atoms with Gasteiger partial charge >= 0.3 is 0 Å². The molecule has 0 radical (unpaired) electrons. The first-order chi connectivity index (χ1) is 6.34. The number of aliphatic hydroxyl groups is 1. The molecular weight excluding hydrogens is 168 g/mol. The Bertz CT molecular complexity index is 121. The first kappa shape index (κ1) is 11.0. The summed E-state index contributed by atoms with van der Waals surface area (Å²) in [7, 11) is 1.68. The zero-order valence-electron chi connectivity index (χ0n) is 8.37. The molecule has 2 atom stereocenters. The van der Waals surface area contributed by atoms with E-state index in [1.807, 2.05) is 0 Å². The van der Waals surface area contributed by atoms with Crippen LogP contribution in [0.4, 0.5) is 0 Å². The molecule has 0 spiro atoms. The van der Waals surface area contributed by atoms with Crippen molar-refractivity contribution in [2.45, 2.75) is 44.3 Å². The highest BCUT2D eigenvalue weighted by Crippen LogP contribution is 2.18. The molecule has 3 nitrogen and oxygen atoms in total. The Balaban J connectivity index is 2.09. The third-order valence-electron chi connectivity index (χ3n) is 2.49. The molecule has 1 rings (SSSR count). The quantitative estimate of drug-likeness (QED) is 0.662. The summed E-state index contributed by atoms with van der Waals surface area (Å²) in [6.45, 7) is 1.54. The predicted molar refractivity (Wildman–Crippen MR) is 50.7 cm³/mol. The van der Waals surface area contributed by atoms with Crippen molar-refractivity contribution in [2.75, 3.05) is 20.3 Å². The highest BCUT2D eigenvalue weighted by atomic mass is 16.5. The summed E-state index contributed by atoms with van der Waals surface area (Å²) in [6.07, 6.45) is 4.82. The van der Waals surface area contributed by atoms with E-state index in [1.54, 1.807) is 7.11 Å².